The highest BCUT2D eigenvalue weighted by Gasteiger charge is 2.31. The van der Waals surface area contributed by atoms with Gasteiger partial charge in [0.25, 0.3) is 0 Å². The van der Waals surface area contributed by atoms with Crippen LogP contribution < -0.4 is 5.73 Å². The van der Waals surface area contributed by atoms with Crippen LogP contribution in [0, 0.1) is 6.92 Å². The van der Waals surface area contributed by atoms with E-state index in [9.17, 15) is 9.90 Å². The van der Waals surface area contributed by atoms with Crippen molar-refractivity contribution in [2.24, 2.45) is 0 Å². The molecular weight excluding hydrogens is 276 g/mol. The number of nitrogen functional groups attached to an aromatic ring is 1. The lowest BCUT2D eigenvalue weighted by atomic mass is 9.93. The van der Waals surface area contributed by atoms with Gasteiger partial charge in [0.15, 0.2) is 0 Å². The molecule has 1 aliphatic rings. The van der Waals surface area contributed by atoms with Crippen LogP contribution >= 0.6 is 11.3 Å². The summed E-state index contributed by atoms with van der Waals surface area (Å²) in [6.07, 6.45) is 0.719. The minimum atomic E-state index is -1.03. The van der Waals surface area contributed by atoms with Crippen LogP contribution in [0.15, 0.2) is 0 Å². The predicted molar refractivity (Wildman–Crippen MR) is 78.3 cm³/mol. The fraction of sp³-hybridized carbons (Fsp3) is 0.429. The Labute approximate surface area is 120 Å². The number of aromatic carboxylic acids is 1. The maximum absolute atomic E-state index is 11.4. The van der Waals surface area contributed by atoms with E-state index in [0.717, 1.165) is 27.1 Å². The van der Waals surface area contributed by atoms with Crippen molar-refractivity contribution in [1.82, 2.24) is 4.98 Å². The van der Waals surface area contributed by atoms with Crippen LogP contribution in [0.3, 0.4) is 0 Å². The first-order valence-electron chi connectivity index (χ1n) is 6.38. The largest absolute Gasteiger partial charge is 0.478 e. The zero-order valence-corrected chi connectivity index (χ0v) is 12.4. The van der Waals surface area contributed by atoms with Crippen molar-refractivity contribution in [2.75, 3.05) is 5.73 Å². The summed E-state index contributed by atoms with van der Waals surface area (Å²) in [7, 11) is 0. The number of carbonyl (C=O) groups is 1. The van der Waals surface area contributed by atoms with Crippen molar-refractivity contribution in [3.05, 3.63) is 21.7 Å². The molecule has 6 heteroatoms. The molecule has 3 N–H and O–H groups in total. The number of carboxylic acids is 1. The van der Waals surface area contributed by atoms with E-state index < -0.39 is 5.97 Å². The van der Waals surface area contributed by atoms with Crippen LogP contribution in [-0.2, 0) is 17.8 Å². The van der Waals surface area contributed by atoms with Crippen LogP contribution in [0.2, 0.25) is 0 Å². The topological polar surface area (TPSA) is 85.4 Å². The molecule has 0 bridgehead atoms. The van der Waals surface area contributed by atoms with Crippen LogP contribution in [0.25, 0.3) is 10.2 Å². The van der Waals surface area contributed by atoms with Crippen molar-refractivity contribution in [1.29, 1.82) is 0 Å². The summed E-state index contributed by atoms with van der Waals surface area (Å²) in [5.41, 5.74) is 7.85. The molecule has 0 fully saturated rings. The second-order valence-corrected chi connectivity index (χ2v) is 6.78. The smallest absolute Gasteiger partial charge is 0.339 e. The highest BCUT2D eigenvalue weighted by atomic mass is 32.1. The van der Waals surface area contributed by atoms with E-state index in [1.54, 1.807) is 18.3 Å². The molecule has 1 aliphatic heterocycles. The Bertz CT molecular complexity index is 734. The molecule has 20 heavy (non-hydrogen) atoms. The zero-order chi connectivity index (χ0) is 14.7. The quantitative estimate of drug-likeness (QED) is 0.844. The lowest BCUT2D eigenvalue weighted by Crippen LogP contribution is -2.31. The SMILES string of the molecule is Cc1nc2sc3c(c2c(N)c1C(=O)O)CC(C)(C)OC3. The molecule has 2 aromatic heterocycles. The number of fused-ring (bicyclic) bond motifs is 3. The van der Waals surface area contributed by atoms with Crippen LogP contribution in [0.4, 0.5) is 5.69 Å². The summed E-state index contributed by atoms with van der Waals surface area (Å²) >= 11 is 1.54. The summed E-state index contributed by atoms with van der Waals surface area (Å²) < 4.78 is 5.79. The molecule has 0 saturated carbocycles. The molecule has 106 valence electrons. The molecule has 0 saturated heterocycles. The number of rotatable bonds is 1. The average molecular weight is 292 g/mol. The predicted octanol–water partition coefficient (Wildman–Crippen LogP) is 2.74. The van der Waals surface area contributed by atoms with Crippen molar-refractivity contribution >= 4 is 33.2 Å². The average Bonchev–Trinajstić information content (AvgIpc) is 2.64. The third kappa shape index (κ3) is 1.87. The first-order valence-corrected chi connectivity index (χ1v) is 7.19. The van der Waals surface area contributed by atoms with Gasteiger partial charge in [0, 0.05) is 16.7 Å². The van der Waals surface area contributed by atoms with E-state index in [2.05, 4.69) is 4.98 Å². The summed E-state index contributed by atoms with van der Waals surface area (Å²) in [4.78, 5) is 17.7. The molecule has 3 heterocycles. The number of nitrogens with zero attached hydrogens (tertiary/aromatic N) is 1. The molecule has 0 radical (unpaired) electrons. The Balaban J connectivity index is 2.33. The number of thiophene rings is 1. The summed E-state index contributed by atoms with van der Waals surface area (Å²) in [5, 5.41) is 10.1. The standard InChI is InChI=1S/C14H16N2O3S/c1-6-9(13(17)18)11(15)10-7-4-14(2,3)19-5-8(7)20-12(10)16-6/h4-5H2,1-3H3,(H2,15,16)(H,17,18). The van der Waals surface area contributed by atoms with Crippen molar-refractivity contribution in [3.8, 4) is 0 Å². The van der Waals surface area contributed by atoms with E-state index in [-0.39, 0.29) is 11.2 Å². The van der Waals surface area contributed by atoms with E-state index in [4.69, 9.17) is 10.5 Å². The number of hydrogen-bond donors (Lipinski definition) is 2. The fourth-order valence-electron chi connectivity index (χ4n) is 2.69. The number of carboxylic acid groups (broad SMARTS) is 1. The van der Waals surface area contributed by atoms with Gasteiger partial charge in [-0.1, -0.05) is 0 Å². The monoisotopic (exact) mass is 292 g/mol. The third-order valence-electron chi connectivity index (χ3n) is 3.65. The van der Waals surface area contributed by atoms with Gasteiger partial charge >= 0.3 is 5.97 Å². The Morgan fingerprint density at radius 2 is 2.20 bits per heavy atom. The molecular formula is C14H16N2O3S. The van der Waals surface area contributed by atoms with Gasteiger partial charge in [-0.25, -0.2) is 9.78 Å². The molecule has 5 nitrogen and oxygen atoms in total. The van der Waals surface area contributed by atoms with E-state index in [1.807, 2.05) is 13.8 Å². The maximum atomic E-state index is 11.4. The first kappa shape index (κ1) is 13.3. The van der Waals surface area contributed by atoms with Gasteiger partial charge < -0.3 is 15.6 Å². The zero-order valence-electron chi connectivity index (χ0n) is 11.6. The lowest BCUT2D eigenvalue weighted by Gasteiger charge is -2.30. The van der Waals surface area contributed by atoms with Crippen LogP contribution in [0.5, 0.6) is 0 Å². The van der Waals surface area contributed by atoms with Crippen molar-refractivity contribution in [2.45, 2.75) is 39.4 Å². The van der Waals surface area contributed by atoms with Crippen molar-refractivity contribution < 1.29 is 14.6 Å². The number of pyridine rings is 1. The lowest BCUT2D eigenvalue weighted by molar-refractivity contribution is -0.0379. The Morgan fingerprint density at radius 3 is 2.85 bits per heavy atom. The number of aryl methyl sites for hydroxylation is 1. The number of nitrogens with two attached hydrogens (primary N) is 1. The number of ether oxygens (including phenoxy) is 1. The maximum Gasteiger partial charge on any atom is 0.339 e. The Morgan fingerprint density at radius 1 is 1.50 bits per heavy atom. The second-order valence-electron chi connectivity index (χ2n) is 5.70. The van der Waals surface area contributed by atoms with Gasteiger partial charge in [-0.15, -0.1) is 11.3 Å². The van der Waals surface area contributed by atoms with Gasteiger partial charge in [0.05, 0.1) is 23.6 Å². The van der Waals surface area contributed by atoms with Crippen molar-refractivity contribution in [3.63, 3.8) is 0 Å². The molecule has 0 aliphatic carbocycles. The minimum absolute atomic E-state index is 0.113. The normalized spacial score (nSPS) is 17.1. The minimum Gasteiger partial charge on any atom is -0.478 e. The van der Waals surface area contributed by atoms with E-state index in [1.165, 1.54) is 0 Å². The first-order chi connectivity index (χ1) is 9.30. The van der Waals surface area contributed by atoms with Crippen LogP contribution in [-0.4, -0.2) is 21.7 Å². The van der Waals surface area contributed by atoms with Gasteiger partial charge in [-0.05, 0) is 26.3 Å². The summed E-state index contributed by atoms with van der Waals surface area (Å²) in [6.45, 7) is 6.26. The highest BCUT2D eigenvalue weighted by molar-refractivity contribution is 7.19. The number of anilines is 1. The molecule has 0 spiro atoms. The summed E-state index contributed by atoms with van der Waals surface area (Å²) in [6, 6.07) is 0. The highest BCUT2D eigenvalue weighted by Crippen LogP contribution is 2.41. The molecule has 0 amide bonds. The molecule has 3 rings (SSSR count). The van der Waals surface area contributed by atoms with Gasteiger partial charge in [0.2, 0.25) is 0 Å². The molecule has 0 unspecified atom stereocenters. The van der Waals surface area contributed by atoms with E-state index in [0.29, 0.717) is 18.0 Å². The number of aromatic nitrogens is 1. The molecule has 0 aromatic carbocycles. The third-order valence-corrected chi connectivity index (χ3v) is 4.75. The molecule has 0 atom stereocenters. The summed E-state index contributed by atoms with van der Waals surface area (Å²) in [5.74, 6) is -1.03. The fourth-order valence-corrected chi connectivity index (χ4v) is 3.86. The van der Waals surface area contributed by atoms with Gasteiger partial charge in [-0.3, -0.25) is 0 Å². The molecule has 2 aromatic rings. The second kappa shape index (κ2) is 4.17. The Kier molecular flexibility index (Phi) is 2.78. The Hall–Kier alpha value is -1.66. The van der Waals surface area contributed by atoms with Gasteiger partial charge in [-0.2, -0.15) is 0 Å². The van der Waals surface area contributed by atoms with Crippen LogP contribution in [0.1, 0.15) is 40.3 Å². The van der Waals surface area contributed by atoms with Gasteiger partial charge in [0.1, 0.15) is 10.4 Å². The number of hydrogen-bond acceptors (Lipinski definition) is 5. The van der Waals surface area contributed by atoms with E-state index >= 15 is 0 Å².